The molecule has 1 aromatic carbocycles. The van der Waals surface area contributed by atoms with Crippen LogP contribution in [-0.4, -0.2) is 50.7 Å². The fourth-order valence-corrected chi connectivity index (χ4v) is 3.16. The van der Waals surface area contributed by atoms with Crippen LogP contribution in [0.2, 0.25) is 0 Å². The molecule has 24 heavy (non-hydrogen) atoms. The molecule has 0 spiro atoms. The first-order chi connectivity index (χ1) is 11.3. The van der Waals surface area contributed by atoms with E-state index in [1.54, 1.807) is 7.11 Å². The maximum absolute atomic E-state index is 5.18. The Hall–Kier alpha value is -0.860. The molecule has 0 aliphatic carbocycles. The highest BCUT2D eigenvalue weighted by Crippen LogP contribution is 2.15. The molecule has 1 aliphatic heterocycles. The van der Waals surface area contributed by atoms with Crippen molar-refractivity contribution in [2.45, 2.75) is 39.0 Å². The minimum Gasteiger partial charge on any atom is -0.380 e. The minimum atomic E-state index is 0. The first-order valence-corrected chi connectivity index (χ1v) is 8.52. The van der Waals surface area contributed by atoms with E-state index in [-0.39, 0.29) is 24.0 Å². The summed E-state index contributed by atoms with van der Waals surface area (Å²) in [6.45, 7) is 6.95. The van der Waals surface area contributed by atoms with E-state index in [2.05, 4.69) is 51.7 Å². The Morgan fingerprint density at radius 3 is 2.83 bits per heavy atom. The Morgan fingerprint density at radius 1 is 1.33 bits per heavy atom. The van der Waals surface area contributed by atoms with Gasteiger partial charge < -0.3 is 15.4 Å². The van der Waals surface area contributed by atoms with Gasteiger partial charge in [0.05, 0.1) is 6.61 Å². The topological polar surface area (TPSA) is 48.9 Å². The largest absolute Gasteiger partial charge is 0.380 e. The van der Waals surface area contributed by atoms with Crippen LogP contribution in [0, 0.1) is 0 Å². The summed E-state index contributed by atoms with van der Waals surface area (Å²) in [4.78, 5) is 6.86. The van der Waals surface area contributed by atoms with Crippen LogP contribution < -0.4 is 10.6 Å². The van der Waals surface area contributed by atoms with Crippen LogP contribution >= 0.6 is 24.0 Å². The zero-order valence-corrected chi connectivity index (χ0v) is 17.4. The van der Waals surface area contributed by atoms with Gasteiger partial charge in [0.1, 0.15) is 0 Å². The van der Waals surface area contributed by atoms with Crippen molar-refractivity contribution in [2.75, 3.05) is 33.8 Å². The van der Waals surface area contributed by atoms with Gasteiger partial charge in [0.2, 0.25) is 0 Å². The lowest BCUT2D eigenvalue weighted by Crippen LogP contribution is -2.44. The Labute approximate surface area is 163 Å². The van der Waals surface area contributed by atoms with Crippen molar-refractivity contribution < 1.29 is 4.74 Å². The highest BCUT2D eigenvalue weighted by Gasteiger charge is 2.22. The monoisotopic (exact) mass is 446 g/mol. The molecule has 1 heterocycles. The number of rotatable bonds is 7. The molecule has 5 nitrogen and oxygen atoms in total. The second-order valence-electron chi connectivity index (χ2n) is 5.98. The number of aliphatic imine (C=N–C) groups is 1. The molecular weight excluding hydrogens is 415 g/mol. The SMILES string of the molecule is CCN1CCCC1CNC(=NC)NCc1cccc(COC)c1.I. The third-order valence-corrected chi connectivity index (χ3v) is 4.40. The molecule has 1 aromatic rings. The van der Waals surface area contributed by atoms with Gasteiger partial charge >= 0.3 is 0 Å². The molecule has 136 valence electrons. The van der Waals surface area contributed by atoms with Crippen LogP contribution in [-0.2, 0) is 17.9 Å². The zero-order valence-electron chi connectivity index (χ0n) is 15.0. The lowest BCUT2D eigenvalue weighted by molar-refractivity contribution is 0.185. The molecule has 6 heteroatoms. The number of hydrogen-bond donors (Lipinski definition) is 2. The molecule has 1 atom stereocenters. The third-order valence-electron chi connectivity index (χ3n) is 4.40. The van der Waals surface area contributed by atoms with Gasteiger partial charge in [-0.05, 0) is 37.1 Å². The van der Waals surface area contributed by atoms with Crippen molar-refractivity contribution in [2.24, 2.45) is 4.99 Å². The zero-order chi connectivity index (χ0) is 16.5. The van der Waals surface area contributed by atoms with Gasteiger partial charge in [-0.15, -0.1) is 24.0 Å². The Kier molecular flexibility index (Phi) is 10.3. The lowest BCUT2D eigenvalue weighted by atomic mass is 10.1. The maximum atomic E-state index is 5.18. The molecule has 1 unspecified atom stereocenters. The summed E-state index contributed by atoms with van der Waals surface area (Å²) in [6.07, 6.45) is 2.58. The van der Waals surface area contributed by atoms with Gasteiger partial charge in [-0.2, -0.15) is 0 Å². The second-order valence-corrected chi connectivity index (χ2v) is 5.98. The van der Waals surface area contributed by atoms with Crippen LogP contribution in [0.15, 0.2) is 29.3 Å². The van der Waals surface area contributed by atoms with E-state index in [4.69, 9.17) is 4.74 Å². The predicted molar refractivity (Wildman–Crippen MR) is 111 cm³/mol. The highest BCUT2D eigenvalue weighted by molar-refractivity contribution is 14.0. The number of nitrogens with zero attached hydrogens (tertiary/aromatic N) is 2. The fraction of sp³-hybridized carbons (Fsp3) is 0.611. The average Bonchev–Trinajstić information content (AvgIpc) is 3.03. The minimum absolute atomic E-state index is 0. The summed E-state index contributed by atoms with van der Waals surface area (Å²) in [5.74, 6) is 0.866. The van der Waals surface area contributed by atoms with Crippen molar-refractivity contribution in [3.05, 3.63) is 35.4 Å². The van der Waals surface area contributed by atoms with Gasteiger partial charge in [0.25, 0.3) is 0 Å². The molecule has 0 amide bonds. The number of hydrogen-bond acceptors (Lipinski definition) is 3. The molecule has 0 saturated carbocycles. The van der Waals surface area contributed by atoms with Gasteiger partial charge in [0.15, 0.2) is 5.96 Å². The van der Waals surface area contributed by atoms with E-state index in [1.807, 2.05) is 7.05 Å². The Bertz CT molecular complexity index is 510. The standard InChI is InChI=1S/C18H30N4O.HI/c1-4-22-10-6-9-17(22)13-21-18(19-2)20-12-15-7-5-8-16(11-15)14-23-3;/h5,7-8,11,17H,4,6,9-10,12-14H2,1-3H3,(H2,19,20,21);1H. The van der Waals surface area contributed by atoms with Crippen LogP contribution in [0.5, 0.6) is 0 Å². The molecule has 2 N–H and O–H groups in total. The summed E-state index contributed by atoms with van der Waals surface area (Å²) in [6, 6.07) is 9.07. The van der Waals surface area contributed by atoms with E-state index >= 15 is 0 Å². The molecule has 1 saturated heterocycles. The Balaban J connectivity index is 0.00000288. The number of benzene rings is 1. The molecule has 2 rings (SSSR count). The van der Waals surface area contributed by atoms with Crippen LogP contribution in [0.1, 0.15) is 30.9 Å². The summed E-state index contributed by atoms with van der Waals surface area (Å²) in [7, 11) is 3.54. The van der Waals surface area contributed by atoms with Crippen molar-refractivity contribution in [1.82, 2.24) is 15.5 Å². The van der Waals surface area contributed by atoms with Crippen LogP contribution in [0.4, 0.5) is 0 Å². The van der Waals surface area contributed by atoms with E-state index in [0.717, 1.165) is 25.6 Å². The van der Waals surface area contributed by atoms with E-state index in [1.165, 1.54) is 30.5 Å². The highest BCUT2D eigenvalue weighted by atomic mass is 127. The number of ether oxygens (including phenoxy) is 1. The van der Waals surface area contributed by atoms with Gasteiger partial charge in [0, 0.05) is 33.3 Å². The second kappa shape index (κ2) is 11.7. The van der Waals surface area contributed by atoms with E-state index in [9.17, 15) is 0 Å². The number of guanidine groups is 1. The number of likely N-dealkylation sites (tertiary alicyclic amines) is 1. The molecule has 1 fully saturated rings. The van der Waals surface area contributed by atoms with Crippen molar-refractivity contribution in [1.29, 1.82) is 0 Å². The number of halogens is 1. The lowest BCUT2D eigenvalue weighted by Gasteiger charge is -2.24. The fourth-order valence-electron chi connectivity index (χ4n) is 3.16. The first-order valence-electron chi connectivity index (χ1n) is 8.52. The van der Waals surface area contributed by atoms with E-state index < -0.39 is 0 Å². The first kappa shape index (κ1) is 21.2. The average molecular weight is 446 g/mol. The summed E-state index contributed by atoms with van der Waals surface area (Å²) in [5.41, 5.74) is 2.43. The molecule has 0 bridgehead atoms. The molecular formula is C18H31IN4O. The van der Waals surface area contributed by atoms with Crippen LogP contribution in [0.3, 0.4) is 0 Å². The predicted octanol–water partition coefficient (Wildman–Crippen LogP) is 2.60. The molecule has 1 aliphatic rings. The molecule has 0 aromatic heterocycles. The number of likely N-dealkylation sites (N-methyl/N-ethyl adjacent to an activating group) is 1. The quantitative estimate of drug-likeness (QED) is 0.384. The van der Waals surface area contributed by atoms with Crippen molar-refractivity contribution in [3.63, 3.8) is 0 Å². The summed E-state index contributed by atoms with van der Waals surface area (Å²) < 4.78 is 5.18. The number of nitrogens with one attached hydrogen (secondary N) is 2. The van der Waals surface area contributed by atoms with Gasteiger partial charge in [-0.25, -0.2) is 0 Å². The van der Waals surface area contributed by atoms with Crippen molar-refractivity contribution >= 4 is 29.9 Å². The summed E-state index contributed by atoms with van der Waals surface area (Å²) in [5, 5.41) is 6.85. The Morgan fingerprint density at radius 2 is 2.12 bits per heavy atom. The van der Waals surface area contributed by atoms with E-state index in [0.29, 0.717) is 12.6 Å². The third kappa shape index (κ3) is 6.57. The summed E-state index contributed by atoms with van der Waals surface area (Å²) >= 11 is 0. The van der Waals surface area contributed by atoms with Gasteiger partial charge in [-0.1, -0.05) is 31.2 Å². The van der Waals surface area contributed by atoms with Crippen LogP contribution in [0.25, 0.3) is 0 Å². The maximum Gasteiger partial charge on any atom is 0.191 e. The van der Waals surface area contributed by atoms with Gasteiger partial charge in [-0.3, -0.25) is 9.89 Å². The molecule has 0 radical (unpaired) electrons. The number of methoxy groups -OCH3 is 1. The van der Waals surface area contributed by atoms with Crippen molar-refractivity contribution in [3.8, 4) is 0 Å². The normalized spacial score (nSPS) is 18.3. The smallest absolute Gasteiger partial charge is 0.191 e.